The van der Waals surface area contributed by atoms with Gasteiger partial charge in [-0.05, 0) is 38.3 Å². The molecule has 2 aliphatic rings. The summed E-state index contributed by atoms with van der Waals surface area (Å²) in [6.07, 6.45) is 6.03. The number of aryl methyl sites for hydroxylation is 2. The van der Waals surface area contributed by atoms with Crippen LogP contribution in [-0.4, -0.2) is 43.8 Å². The number of hydrogen-bond acceptors (Lipinski definition) is 6. The van der Waals surface area contributed by atoms with Crippen molar-refractivity contribution in [1.29, 1.82) is 0 Å². The molecule has 30 heavy (non-hydrogen) atoms. The zero-order valence-electron chi connectivity index (χ0n) is 17.4. The van der Waals surface area contributed by atoms with Crippen LogP contribution in [0.15, 0.2) is 41.2 Å². The third-order valence-electron chi connectivity index (χ3n) is 6.29. The van der Waals surface area contributed by atoms with Gasteiger partial charge in [0.2, 0.25) is 5.91 Å². The van der Waals surface area contributed by atoms with E-state index in [0.717, 1.165) is 55.4 Å². The van der Waals surface area contributed by atoms with Crippen LogP contribution in [0.25, 0.3) is 0 Å². The third kappa shape index (κ3) is 3.41. The number of aromatic nitrogens is 4. The van der Waals surface area contributed by atoms with Crippen molar-refractivity contribution in [2.75, 3.05) is 18.0 Å². The summed E-state index contributed by atoms with van der Waals surface area (Å²) in [6, 6.07) is 8.00. The minimum atomic E-state index is -0.242. The Morgan fingerprint density at radius 1 is 1.13 bits per heavy atom. The van der Waals surface area contributed by atoms with Gasteiger partial charge < -0.3 is 4.52 Å². The number of hydrogen-bond donors (Lipinski definition) is 0. The number of pyridine rings is 1. The van der Waals surface area contributed by atoms with Crippen LogP contribution in [-0.2, 0) is 23.4 Å². The third-order valence-corrected chi connectivity index (χ3v) is 6.29. The summed E-state index contributed by atoms with van der Waals surface area (Å²) in [5.41, 5.74) is 2.78. The van der Waals surface area contributed by atoms with Gasteiger partial charge in [0.1, 0.15) is 17.3 Å². The van der Waals surface area contributed by atoms with E-state index in [-0.39, 0.29) is 11.4 Å². The van der Waals surface area contributed by atoms with Gasteiger partial charge >= 0.3 is 0 Å². The maximum atomic E-state index is 13.1. The Morgan fingerprint density at radius 3 is 2.67 bits per heavy atom. The van der Waals surface area contributed by atoms with Gasteiger partial charge in [-0.1, -0.05) is 11.2 Å². The van der Waals surface area contributed by atoms with Crippen molar-refractivity contribution in [3.63, 3.8) is 0 Å². The molecular formula is C22H26N6O2. The molecular weight excluding hydrogens is 380 g/mol. The number of piperidine rings is 1. The highest BCUT2D eigenvalue weighted by atomic mass is 16.5. The predicted molar refractivity (Wildman–Crippen MR) is 111 cm³/mol. The van der Waals surface area contributed by atoms with E-state index in [4.69, 9.17) is 4.52 Å². The first-order chi connectivity index (χ1) is 14.5. The van der Waals surface area contributed by atoms with Crippen LogP contribution >= 0.6 is 0 Å². The summed E-state index contributed by atoms with van der Waals surface area (Å²) < 4.78 is 7.24. The van der Waals surface area contributed by atoms with Crippen LogP contribution < -0.4 is 4.90 Å². The molecule has 0 bridgehead atoms. The van der Waals surface area contributed by atoms with E-state index in [2.05, 4.69) is 37.0 Å². The molecule has 0 aromatic carbocycles. The van der Waals surface area contributed by atoms with E-state index in [1.165, 1.54) is 5.56 Å². The van der Waals surface area contributed by atoms with E-state index in [0.29, 0.717) is 13.0 Å². The van der Waals surface area contributed by atoms with E-state index in [1.54, 1.807) is 11.1 Å². The van der Waals surface area contributed by atoms with Gasteiger partial charge in [0.05, 0.1) is 24.7 Å². The molecule has 156 valence electrons. The fraction of sp³-hybridized carbons (Fsp3) is 0.455. The average molecular weight is 406 g/mol. The van der Waals surface area contributed by atoms with Crippen LogP contribution in [0.4, 0.5) is 5.82 Å². The first kappa shape index (κ1) is 19.0. The molecule has 0 unspecified atom stereocenters. The standard InChI is InChI=1S/C22H26N6O2/c1-16-3-4-18(13-23-16)14-26-9-6-22(7-10-26)12-21(29)27(20-5-8-24-28(20)22)15-19-11-17(2)30-25-19/h3-5,8,11,13H,6-7,9-10,12,14-15H2,1-2H3. The molecule has 5 heterocycles. The molecule has 1 spiro atoms. The molecule has 1 fully saturated rings. The van der Waals surface area contributed by atoms with Gasteiger partial charge in [-0.2, -0.15) is 5.10 Å². The molecule has 0 atom stereocenters. The lowest BCUT2D eigenvalue weighted by Gasteiger charge is -2.46. The molecule has 0 N–H and O–H groups in total. The van der Waals surface area contributed by atoms with E-state index < -0.39 is 0 Å². The summed E-state index contributed by atoms with van der Waals surface area (Å²) in [5, 5.41) is 8.68. The number of anilines is 1. The number of carbonyl (C=O) groups is 1. The molecule has 5 rings (SSSR count). The minimum Gasteiger partial charge on any atom is -0.361 e. The Hall–Kier alpha value is -3.00. The lowest BCUT2D eigenvalue weighted by Crippen LogP contribution is -2.53. The predicted octanol–water partition coefficient (Wildman–Crippen LogP) is 2.81. The Kier molecular flexibility index (Phi) is 4.66. The maximum Gasteiger partial charge on any atom is 0.230 e. The van der Waals surface area contributed by atoms with Gasteiger partial charge in [0.15, 0.2) is 0 Å². The second kappa shape index (κ2) is 7.36. The van der Waals surface area contributed by atoms with Gasteiger partial charge in [-0.3, -0.25) is 19.6 Å². The summed E-state index contributed by atoms with van der Waals surface area (Å²) in [6.45, 7) is 7.02. The number of nitrogens with zero attached hydrogens (tertiary/aromatic N) is 6. The molecule has 8 heteroatoms. The molecule has 2 aliphatic heterocycles. The summed E-state index contributed by atoms with van der Waals surface area (Å²) >= 11 is 0. The molecule has 3 aromatic heterocycles. The first-order valence-corrected chi connectivity index (χ1v) is 10.4. The smallest absolute Gasteiger partial charge is 0.230 e. The van der Waals surface area contributed by atoms with Crippen molar-refractivity contribution in [3.8, 4) is 0 Å². The van der Waals surface area contributed by atoms with Crippen molar-refractivity contribution in [2.45, 2.75) is 51.7 Å². The quantitative estimate of drug-likeness (QED) is 0.663. The summed E-state index contributed by atoms with van der Waals surface area (Å²) in [5.74, 6) is 1.72. The molecule has 3 aromatic rings. The van der Waals surface area contributed by atoms with Crippen molar-refractivity contribution >= 4 is 11.7 Å². The monoisotopic (exact) mass is 406 g/mol. The van der Waals surface area contributed by atoms with Gasteiger partial charge in [-0.15, -0.1) is 0 Å². The molecule has 1 saturated heterocycles. The fourth-order valence-corrected chi connectivity index (χ4v) is 4.64. The normalized spacial score (nSPS) is 18.7. The highest BCUT2D eigenvalue weighted by molar-refractivity contribution is 5.94. The van der Waals surface area contributed by atoms with Crippen LogP contribution in [0.2, 0.25) is 0 Å². The Morgan fingerprint density at radius 2 is 1.97 bits per heavy atom. The van der Waals surface area contributed by atoms with Crippen LogP contribution in [0, 0.1) is 13.8 Å². The van der Waals surface area contributed by atoms with Crippen LogP contribution in [0.3, 0.4) is 0 Å². The van der Waals surface area contributed by atoms with Gasteiger partial charge in [0, 0.05) is 43.7 Å². The van der Waals surface area contributed by atoms with E-state index in [1.807, 2.05) is 32.2 Å². The molecule has 8 nitrogen and oxygen atoms in total. The maximum absolute atomic E-state index is 13.1. The van der Waals surface area contributed by atoms with Crippen molar-refractivity contribution in [1.82, 2.24) is 24.8 Å². The first-order valence-electron chi connectivity index (χ1n) is 10.4. The van der Waals surface area contributed by atoms with Gasteiger partial charge in [-0.25, -0.2) is 4.68 Å². The van der Waals surface area contributed by atoms with Crippen molar-refractivity contribution < 1.29 is 9.32 Å². The summed E-state index contributed by atoms with van der Waals surface area (Å²) in [4.78, 5) is 21.8. The van der Waals surface area contributed by atoms with Crippen LogP contribution in [0.1, 0.15) is 42.0 Å². The molecule has 0 aliphatic carbocycles. The highest BCUT2D eigenvalue weighted by Crippen LogP contribution is 2.41. The number of carbonyl (C=O) groups excluding carboxylic acids is 1. The lowest BCUT2D eigenvalue weighted by molar-refractivity contribution is -0.123. The fourth-order valence-electron chi connectivity index (χ4n) is 4.64. The SMILES string of the molecule is Cc1ccc(CN2CCC3(CC2)CC(=O)N(Cc2cc(C)on2)c2ccnn23)cn1. The van der Waals surface area contributed by atoms with E-state index in [9.17, 15) is 4.79 Å². The molecule has 0 radical (unpaired) electrons. The Bertz CT molecular complexity index is 1050. The minimum absolute atomic E-state index is 0.125. The van der Waals surface area contributed by atoms with E-state index >= 15 is 0 Å². The largest absolute Gasteiger partial charge is 0.361 e. The highest BCUT2D eigenvalue weighted by Gasteiger charge is 2.45. The second-order valence-corrected chi connectivity index (χ2v) is 8.50. The summed E-state index contributed by atoms with van der Waals surface area (Å²) in [7, 11) is 0. The number of fused-ring (bicyclic) bond motifs is 2. The zero-order chi connectivity index (χ0) is 20.7. The van der Waals surface area contributed by atoms with Crippen molar-refractivity contribution in [3.05, 3.63) is 59.4 Å². The van der Waals surface area contributed by atoms with Crippen molar-refractivity contribution in [2.24, 2.45) is 0 Å². The number of rotatable bonds is 4. The Balaban J connectivity index is 1.32. The topological polar surface area (TPSA) is 80.3 Å². The zero-order valence-corrected chi connectivity index (χ0v) is 17.4. The number of amides is 1. The molecule has 0 saturated carbocycles. The average Bonchev–Trinajstić information content (AvgIpc) is 3.38. The number of likely N-dealkylation sites (tertiary alicyclic amines) is 1. The van der Waals surface area contributed by atoms with Crippen LogP contribution in [0.5, 0.6) is 0 Å². The van der Waals surface area contributed by atoms with Gasteiger partial charge in [0.25, 0.3) is 0 Å². The second-order valence-electron chi connectivity index (χ2n) is 8.50. The lowest BCUT2D eigenvalue weighted by atomic mass is 9.82. The Labute approximate surface area is 175 Å². The molecule has 1 amide bonds.